The van der Waals surface area contributed by atoms with Gasteiger partial charge in [-0.2, -0.15) is 8.78 Å². The van der Waals surface area contributed by atoms with Crippen molar-refractivity contribution in [2.45, 2.75) is 9.84 Å². The van der Waals surface area contributed by atoms with Crippen LogP contribution in [-0.4, -0.2) is 9.84 Å². The number of hydrogen-bond donors (Lipinski definition) is 0. The smallest absolute Gasteiger partial charge is 0.267 e. The van der Waals surface area contributed by atoms with Crippen LogP contribution in [0.15, 0.2) is 0 Å². The van der Waals surface area contributed by atoms with Crippen molar-refractivity contribution in [1.82, 2.24) is 0 Å². The summed E-state index contributed by atoms with van der Waals surface area (Å²) in [4.78, 5) is 2.19. The van der Waals surface area contributed by atoms with E-state index < -0.39 is 9.84 Å². The molecule has 0 saturated carbocycles. The summed E-state index contributed by atoms with van der Waals surface area (Å²) in [6.07, 6.45) is 0. The molecule has 0 fully saturated rings. The van der Waals surface area contributed by atoms with Crippen LogP contribution in [0.3, 0.4) is 0 Å². The first-order chi connectivity index (χ1) is 3.81. The van der Waals surface area contributed by atoms with Crippen LogP contribution < -0.4 is 0 Å². The fourth-order valence-corrected chi connectivity index (χ4v) is 0.106. The Morgan fingerprint density at radius 2 is 1.56 bits per heavy atom. The molecule has 0 aliphatic carbocycles. The van der Waals surface area contributed by atoms with Crippen LogP contribution in [0.1, 0.15) is 0 Å². The average Bonchev–Trinajstić information content (AvgIpc) is 1.64. The second kappa shape index (κ2) is 2.45. The van der Waals surface area contributed by atoms with Crippen LogP contribution in [0.25, 0.3) is 4.85 Å². The van der Waals surface area contributed by atoms with E-state index in [1.165, 1.54) is 0 Å². The number of hydrogen-bond acceptors (Lipinski definition) is 0. The van der Waals surface area contributed by atoms with Gasteiger partial charge in [0.2, 0.25) is 0 Å². The zero-order valence-corrected chi connectivity index (χ0v) is 6.10. The lowest BCUT2D eigenvalue weighted by Gasteiger charge is -2.10. The van der Waals surface area contributed by atoms with Gasteiger partial charge >= 0.3 is 9.84 Å². The molecule has 0 atom stereocenters. The van der Waals surface area contributed by atoms with Crippen molar-refractivity contribution >= 4 is 34.8 Å². The maximum absolute atomic E-state index is 11.8. The molecule has 0 aromatic rings. The van der Waals surface area contributed by atoms with Gasteiger partial charge in [-0.15, -0.1) is 0 Å². The summed E-state index contributed by atoms with van der Waals surface area (Å²) in [7, 11) is 0. The van der Waals surface area contributed by atoms with E-state index in [-0.39, 0.29) is 0 Å². The number of halogens is 5. The van der Waals surface area contributed by atoms with Gasteiger partial charge in [-0.25, -0.2) is 6.57 Å². The first kappa shape index (κ1) is 9.22. The number of alkyl halides is 5. The Hall–Kier alpha value is 0.220. The monoisotopic (exact) mass is 193 g/mol. The van der Waals surface area contributed by atoms with Gasteiger partial charge in [0.15, 0.2) is 0 Å². The molecule has 0 saturated heterocycles. The maximum Gasteiger partial charge on any atom is 0.459 e. The zero-order chi connectivity index (χ0) is 7.71. The summed E-state index contributed by atoms with van der Waals surface area (Å²) in [5, 5.41) is -3.90. The van der Waals surface area contributed by atoms with Crippen LogP contribution in [-0.2, 0) is 0 Å². The van der Waals surface area contributed by atoms with Crippen molar-refractivity contribution in [3.63, 3.8) is 0 Å². The molecule has 0 aliphatic rings. The van der Waals surface area contributed by atoms with E-state index in [0.29, 0.717) is 0 Å². The third-order valence-electron chi connectivity index (χ3n) is 0.481. The van der Waals surface area contributed by atoms with Gasteiger partial charge in [-0.05, 0) is 34.8 Å². The minimum Gasteiger partial charge on any atom is -0.267 e. The van der Waals surface area contributed by atoms with Gasteiger partial charge in [-0.1, -0.05) is 0 Å². The summed E-state index contributed by atoms with van der Waals surface area (Å²) in [6, 6.07) is 0. The highest BCUT2D eigenvalue weighted by Gasteiger charge is 2.58. The predicted octanol–water partition coefficient (Wildman–Crippen LogP) is 2.87. The van der Waals surface area contributed by atoms with E-state index in [2.05, 4.69) is 16.4 Å². The van der Waals surface area contributed by atoms with Gasteiger partial charge in [0.25, 0.3) is 0 Å². The summed E-state index contributed by atoms with van der Waals surface area (Å²) in [5.41, 5.74) is 0. The van der Waals surface area contributed by atoms with E-state index in [9.17, 15) is 8.78 Å². The molecule has 0 aliphatic heterocycles. The molecule has 0 rings (SSSR count). The molecular weight excluding hydrogens is 194 g/mol. The average molecular weight is 194 g/mol. The van der Waals surface area contributed by atoms with Crippen LogP contribution >= 0.6 is 34.8 Å². The molecule has 0 bridgehead atoms. The Kier molecular flexibility index (Phi) is 2.51. The molecule has 0 aromatic heterocycles. The van der Waals surface area contributed by atoms with E-state index >= 15 is 0 Å². The lowest BCUT2D eigenvalue weighted by molar-refractivity contribution is 0.0904. The predicted molar refractivity (Wildman–Crippen MR) is 31.8 cm³/mol. The second-order valence-corrected chi connectivity index (χ2v) is 2.91. The first-order valence-electron chi connectivity index (χ1n) is 1.64. The standard InChI is InChI=1S/C3Cl3F2N/c1-9-2(4,5)3(6,7)8. The zero-order valence-electron chi connectivity index (χ0n) is 3.84. The Morgan fingerprint density at radius 3 is 1.56 bits per heavy atom. The Labute approximate surface area is 65.3 Å². The number of nitrogens with zero attached hydrogens (tertiary/aromatic N) is 1. The minimum absolute atomic E-state index is 2.19. The van der Waals surface area contributed by atoms with E-state index in [4.69, 9.17) is 29.8 Å². The Morgan fingerprint density at radius 1 is 1.22 bits per heavy atom. The highest BCUT2D eigenvalue weighted by molar-refractivity contribution is 6.53. The molecule has 9 heavy (non-hydrogen) atoms. The van der Waals surface area contributed by atoms with E-state index in [1.807, 2.05) is 0 Å². The van der Waals surface area contributed by atoms with Crippen molar-refractivity contribution in [3.8, 4) is 0 Å². The molecule has 1 nitrogen and oxygen atoms in total. The van der Waals surface area contributed by atoms with Gasteiger partial charge in [-0.3, -0.25) is 4.85 Å². The van der Waals surface area contributed by atoms with Crippen LogP contribution in [0.4, 0.5) is 8.78 Å². The van der Waals surface area contributed by atoms with Crippen LogP contribution in [0.2, 0.25) is 0 Å². The molecule has 0 unspecified atom stereocenters. The lowest BCUT2D eigenvalue weighted by atomic mass is 10.7. The molecule has 0 amide bonds. The normalized spacial score (nSPS) is 12.9. The summed E-state index contributed by atoms with van der Waals surface area (Å²) < 4.78 is 20.7. The molecule has 0 heterocycles. The van der Waals surface area contributed by atoms with E-state index in [1.54, 1.807) is 0 Å². The van der Waals surface area contributed by atoms with Crippen molar-refractivity contribution in [2.75, 3.05) is 0 Å². The second-order valence-electron chi connectivity index (χ2n) is 1.15. The minimum atomic E-state index is -3.90. The molecule has 0 N–H and O–H groups in total. The molecule has 0 radical (unpaired) electrons. The third kappa shape index (κ3) is 2.13. The molecule has 0 spiro atoms. The highest BCUT2D eigenvalue weighted by atomic mass is 35.5. The van der Waals surface area contributed by atoms with Gasteiger partial charge in [0, 0.05) is 0 Å². The summed E-state index contributed by atoms with van der Waals surface area (Å²) in [5.74, 6) is 0. The van der Waals surface area contributed by atoms with Crippen molar-refractivity contribution in [3.05, 3.63) is 11.4 Å². The number of rotatable bonds is 1. The molecular formula is C3Cl3F2N. The van der Waals surface area contributed by atoms with Gasteiger partial charge in [0.05, 0.1) is 0 Å². The maximum atomic E-state index is 11.8. The van der Waals surface area contributed by atoms with Gasteiger partial charge < -0.3 is 0 Å². The molecule has 52 valence electrons. The molecule has 0 aromatic carbocycles. The molecule has 6 heteroatoms. The highest BCUT2D eigenvalue weighted by Crippen LogP contribution is 2.42. The Bertz CT molecular complexity index is 144. The SMILES string of the molecule is [C-]#[N+]C(Cl)(Cl)C(F)(F)Cl. The van der Waals surface area contributed by atoms with Crippen molar-refractivity contribution < 1.29 is 8.78 Å². The Balaban J connectivity index is 4.39. The van der Waals surface area contributed by atoms with E-state index in [0.717, 1.165) is 0 Å². The fourth-order valence-electron chi connectivity index (χ4n) is 0.0634. The lowest BCUT2D eigenvalue weighted by Crippen LogP contribution is -2.28. The van der Waals surface area contributed by atoms with Gasteiger partial charge in [0.1, 0.15) is 0 Å². The largest absolute Gasteiger partial charge is 0.459 e. The first-order valence-corrected chi connectivity index (χ1v) is 2.78. The van der Waals surface area contributed by atoms with Crippen molar-refractivity contribution in [1.29, 1.82) is 0 Å². The van der Waals surface area contributed by atoms with Crippen LogP contribution in [0, 0.1) is 6.57 Å². The quantitative estimate of drug-likeness (QED) is 0.343. The van der Waals surface area contributed by atoms with Crippen molar-refractivity contribution in [2.24, 2.45) is 0 Å². The van der Waals surface area contributed by atoms with Crippen LogP contribution in [0.5, 0.6) is 0 Å². The summed E-state index contributed by atoms with van der Waals surface area (Å²) in [6.45, 7) is 6.06. The summed E-state index contributed by atoms with van der Waals surface area (Å²) >= 11 is 13.8. The topological polar surface area (TPSA) is 4.36 Å². The fraction of sp³-hybridized carbons (Fsp3) is 0.667. The third-order valence-corrected chi connectivity index (χ3v) is 1.59.